The SMILES string of the molecule is C=CCN1C(N)=NCC12CC(C)N(C1CC1)C2. The van der Waals surface area contributed by atoms with Crippen molar-refractivity contribution in [2.45, 2.75) is 43.8 Å². The van der Waals surface area contributed by atoms with Gasteiger partial charge in [0.25, 0.3) is 0 Å². The van der Waals surface area contributed by atoms with E-state index in [9.17, 15) is 0 Å². The topological polar surface area (TPSA) is 44.9 Å². The molecular weight excluding hydrogens is 212 g/mol. The maximum atomic E-state index is 6.01. The smallest absolute Gasteiger partial charge is 0.192 e. The van der Waals surface area contributed by atoms with Crippen molar-refractivity contribution in [2.75, 3.05) is 19.6 Å². The first-order valence-electron chi connectivity index (χ1n) is 6.60. The highest BCUT2D eigenvalue weighted by Crippen LogP contribution is 2.41. The molecule has 2 unspecified atom stereocenters. The molecule has 1 saturated carbocycles. The van der Waals surface area contributed by atoms with Crippen molar-refractivity contribution in [3.05, 3.63) is 12.7 Å². The normalized spacial score (nSPS) is 37.8. The Hall–Kier alpha value is -1.03. The second-order valence-corrected chi connectivity index (χ2v) is 5.75. The van der Waals surface area contributed by atoms with Gasteiger partial charge in [-0.25, -0.2) is 0 Å². The zero-order chi connectivity index (χ0) is 12.0. The summed E-state index contributed by atoms with van der Waals surface area (Å²) >= 11 is 0. The van der Waals surface area contributed by atoms with E-state index in [1.165, 1.54) is 19.3 Å². The van der Waals surface area contributed by atoms with Gasteiger partial charge in [-0.3, -0.25) is 9.89 Å². The van der Waals surface area contributed by atoms with Crippen LogP contribution in [0, 0.1) is 0 Å². The summed E-state index contributed by atoms with van der Waals surface area (Å²) < 4.78 is 0. The molecule has 94 valence electrons. The molecule has 1 aliphatic carbocycles. The number of nitrogens with two attached hydrogens (primary N) is 1. The third kappa shape index (κ3) is 1.66. The van der Waals surface area contributed by atoms with Crippen molar-refractivity contribution < 1.29 is 0 Å². The van der Waals surface area contributed by atoms with Gasteiger partial charge in [-0.05, 0) is 26.2 Å². The van der Waals surface area contributed by atoms with Crippen LogP contribution in [0.5, 0.6) is 0 Å². The summed E-state index contributed by atoms with van der Waals surface area (Å²) in [4.78, 5) is 9.39. The molecule has 3 aliphatic rings. The number of nitrogens with zero attached hydrogens (tertiary/aromatic N) is 3. The number of rotatable bonds is 3. The first-order valence-corrected chi connectivity index (χ1v) is 6.60. The fraction of sp³-hybridized carbons (Fsp3) is 0.769. The van der Waals surface area contributed by atoms with Crippen molar-refractivity contribution in [2.24, 2.45) is 10.7 Å². The summed E-state index contributed by atoms with van der Waals surface area (Å²) in [5.74, 6) is 0.703. The van der Waals surface area contributed by atoms with Crippen molar-refractivity contribution in [3.8, 4) is 0 Å². The van der Waals surface area contributed by atoms with Crippen LogP contribution in [0.1, 0.15) is 26.2 Å². The highest BCUT2D eigenvalue weighted by Gasteiger charge is 2.52. The van der Waals surface area contributed by atoms with Gasteiger partial charge in [0, 0.05) is 25.2 Å². The monoisotopic (exact) mass is 234 g/mol. The van der Waals surface area contributed by atoms with E-state index in [0.29, 0.717) is 12.0 Å². The van der Waals surface area contributed by atoms with Gasteiger partial charge in [-0.15, -0.1) is 6.58 Å². The lowest BCUT2D eigenvalue weighted by molar-refractivity contribution is 0.200. The van der Waals surface area contributed by atoms with Crippen LogP contribution < -0.4 is 5.73 Å². The number of likely N-dealkylation sites (tertiary alicyclic amines) is 1. The van der Waals surface area contributed by atoms with Crippen LogP contribution >= 0.6 is 0 Å². The van der Waals surface area contributed by atoms with Crippen molar-refractivity contribution in [1.82, 2.24) is 9.80 Å². The summed E-state index contributed by atoms with van der Waals surface area (Å²) in [6.07, 6.45) is 5.86. The quantitative estimate of drug-likeness (QED) is 0.735. The fourth-order valence-corrected chi connectivity index (χ4v) is 3.49. The number of aliphatic imine (C=N–C) groups is 1. The van der Waals surface area contributed by atoms with Crippen LogP contribution in [0.2, 0.25) is 0 Å². The highest BCUT2D eigenvalue weighted by atomic mass is 15.4. The van der Waals surface area contributed by atoms with Gasteiger partial charge in [-0.1, -0.05) is 6.08 Å². The number of hydrogen-bond acceptors (Lipinski definition) is 4. The van der Waals surface area contributed by atoms with Crippen LogP contribution in [0.15, 0.2) is 17.6 Å². The van der Waals surface area contributed by atoms with Crippen LogP contribution in [0.3, 0.4) is 0 Å². The lowest BCUT2D eigenvalue weighted by Crippen LogP contribution is -2.53. The van der Waals surface area contributed by atoms with Gasteiger partial charge in [0.05, 0.1) is 12.1 Å². The Labute approximate surface area is 103 Å². The summed E-state index contributed by atoms with van der Waals surface area (Å²) in [6.45, 7) is 8.98. The zero-order valence-electron chi connectivity index (χ0n) is 10.6. The first kappa shape index (κ1) is 11.1. The molecule has 1 spiro atoms. The fourth-order valence-electron chi connectivity index (χ4n) is 3.49. The van der Waals surface area contributed by atoms with Gasteiger partial charge in [-0.2, -0.15) is 0 Å². The summed E-state index contributed by atoms with van der Waals surface area (Å²) in [5, 5.41) is 0. The minimum absolute atomic E-state index is 0.153. The molecule has 2 N–H and O–H groups in total. The first-order chi connectivity index (χ1) is 8.16. The second-order valence-electron chi connectivity index (χ2n) is 5.75. The van der Waals surface area contributed by atoms with Gasteiger partial charge >= 0.3 is 0 Å². The molecular formula is C13H22N4. The molecule has 0 aromatic rings. The Kier molecular flexibility index (Phi) is 2.43. The molecule has 4 heteroatoms. The standard InChI is InChI=1S/C13H22N4/c1-3-6-17-12(14)15-8-13(17)7-10(2)16(9-13)11-4-5-11/h3,10-11H,1,4-9H2,2H3,(H2,14,15). The van der Waals surface area contributed by atoms with E-state index in [1.807, 2.05) is 6.08 Å². The maximum absolute atomic E-state index is 6.01. The third-order valence-electron chi connectivity index (χ3n) is 4.43. The molecule has 4 nitrogen and oxygen atoms in total. The predicted octanol–water partition coefficient (Wildman–Crippen LogP) is 0.798. The van der Waals surface area contributed by atoms with Crippen molar-refractivity contribution >= 4 is 5.96 Å². The zero-order valence-corrected chi connectivity index (χ0v) is 10.6. The van der Waals surface area contributed by atoms with Gasteiger partial charge in [0.15, 0.2) is 5.96 Å². The molecule has 2 heterocycles. The molecule has 2 atom stereocenters. The minimum atomic E-state index is 0.153. The van der Waals surface area contributed by atoms with Gasteiger partial charge in [0.2, 0.25) is 0 Å². The Balaban J connectivity index is 1.80. The Bertz CT molecular complexity index is 360. The number of guanidine groups is 1. The molecule has 17 heavy (non-hydrogen) atoms. The summed E-state index contributed by atoms with van der Waals surface area (Å²) in [6, 6.07) is 1.49. The lowest BCUT2D eigenvalue weighted by atomic mass is 9.95. The van der Waals surface area contributed by atoms with E-state index in [1.54, 1.807) is 0 Å². The molecule has 0 bridgehead atoms. The Morgan fingerprint density at radius 1 is 1.59 bits per heavy atom. The Morgan fingerprint density at radius 3 is 3.00 bits per heavy atom. The van der Waals surface area contributed by atoms with Crippen molar-refractivity contribution in [1.29, 1.82) is 0 Å². The summed E-state index contributed by atoms with van der Waals surface area (Å²) in [5.41, 5.74) is 6.16. The van der Waals surface area contributed by atoms with E-state index in [-0.39, 0.29) is 5.54 Å². The second kappa shape index (κ2) is 3.73. The van der Waals surface area contributed by atoms with E-state index in [2.05, 4.69) is 28.3 Å². The Morgan fingerprint density at radius 2 is 2.35 bits per heavy atom. The number of hydrogen-bond donors (Lipinski definition) is 1. The summed E-state index contributed by atoms with van der Waals surface area (Å²) in [7, 11) is 0. The molecule has 0 aromatic carbocycles. The lowest BCUT2D eigenvalue weighted by Gasteiger charge is -2.35. The van der Waals surface area contributed by atoms with Gasteiger partial charge in [0.1, 0.15) is 0 Å². The van der Waals surface area contributed by atoms with Crippen LogP contribution in [-0.4, -0.2) is 53.0 Å². The predicted molar refractivity (Wildman–Crippen MR) is 69.9 cm³/mol. The van der Waals surface area contributed by atoms with Crippen molar-refractivity contribution in [3.63, 3.8) is 0 Å². The van der Waals surface area contributed by atoms with E-state index < -0.39 is 0 Å². The van der Waals surface area contributed by atoms with Crippen LogP contribution in [-0.2, 0) is 0 Å². The maximum Gasteiger partial charge on any atom is 0.192 e. The molecule has 2 fully saturated rings. The van der Waals surface area contributed by atoms with E-state index in [0.717, 1.165) is 25.7 Å². The average molecular weight is 234 g/mol. The highest BCUT2D eigenvalue weighted by molar-refractivity contribution is 5.81. The van der Waals surface area contributed by atoms with Crippen LogP contribution in [0.4, 0.5) is 0 Å². The van der Waals surface area contributed by atoms with E-state index in [4.69, 9.17) is 5.73 Å². The molecule has 0 radical (unpaired) electrons. The molecule has 1 saturated heterocycles. The van der Waals surface area contributed by atoms with Crippen LogP contribution in [0.25, 0.3) is 0 Å². The molecule has 3 rings (SSSR count). The molecule has 0 amide bonds. The minimum Gasteiger partial charge on any atom is -0.370 e. The average Bonchev–Trinajstić information content (AvgIpc) is 3.03. The van der Waals surface area contributed by atoms with Gasteiger partial charge < -0.3 is 10.6 Å². The third-order valence-corrected chi connectivity index (χ3v) is 4.43. The molecule has 2 aliphatic heterocycles. The van der Waals surface area contributed by atoms with E-state index >= 15 is 0 Å². The molecule has 0 aromatic heterocycles. The largest absolute Gasteiger partial charge is 0.370 e.